The molecule has 0 saturated heterocycles. The Hall–Kier alpha value is -1.22. The van der Waals surface area contributed by atoms with Crippen LogP contribution in [0.5, 0.6) is 11.5 Å². The Kier molecular flexibility index (Phi) is 3.65. The third-order valence-electron chi connectivity index (χ3n) is 4.49. The topological polar surface area (TPSA) is 38.7 Å². The number of hydrogen-bond acceptors (Lipinski definition) is 3. The summed E-state index contributed by atoms with van der Waals surface area (Å²) in [5.74, 6) is 2.19. The third-order valence-corrected chi connectivity index (χ3v) is 4.49. The Morgan fingerprint density at radius 3 is 2.74 bits per heavy atom. The second-order valence-corrected chi connectivity index (χ2v) is 5.71. The maximum atomic E-state index is 10.3. The van der Waals surface area contributed by atoms with E-state index in [1.54, 1.807) is 7.11 Å². The Balaban J connectivity index is 1.81. The van der Waals surface area contributed by atoms with E-state index in [2.05, 4.69) is 0 Å². The molecule has 1 aliphatic carbocycles. The molecule has 0 amide bonds. The van der Waals surface area contributed by atoms with Gasteiger partial charge in [-0.05, 0) is 30.9 Å². The maximum Gasteiger partial charge on any atom is 0.129 e. The number of methoxy groups -OCH3 is 1. The van der Waals surface area contributed by atoms with Crippen LogP contribution >= 0.6 is 0 Å². The van der Waals surface area contributed by atoms with Gasteiger partial charge >= 0.3 is 0 Å². The first-order chi connectivity index (χ1) is 9.28. The van der Waals surface area contributed by atoms with E-state index in [1.165, 1.54) is 32.1 Å². The van der Waals surface area contributed by atoms with Crippen molar-refractivity contribution in [2.24, 2.45) is 5.92 Å². The first kappa shape index (κ1) is 12.8. The second-order valence-electron chi connectivity index (χ2n) is 5.71. The molecule has 3 nitrogen and oxygen atoms in total. The molecule has 104 valence electrons. The number of rotatable bonds is 2. The van der Waals surface area contributed by atoms with Crippen LogP contribution in [0.3, 0.4) is 0 Å². The van der Waals surface area contributed by atoms with Crippen molar-refractivity contribution >= 4 is 0 Å². The lowest BCUT2D eigenvalue weighted by atomic mass is 9.81. The van der Waals surface area contributed by atoms with Gasteiger partial charge in [0, 0.05) is 18.1 Å². The number of ether oxygens (including phenoxy) is 2. The largest absolute Gasteiger partial charge is 0.497 e. The molecule has 1 heterocycles. The SMILES string of the molecule is COc1ccc2c(c1)OC(C1CCCCC1)C[C@H]2O. The van der Waals surface area contributed by atoms with E-state index in [1.807, 2.05) is 18.2 Å². The average molecular weight is 262 g/mol. The zero-order chi connectivity index (χ0) is 13.2. The summed E-state index contributed by atoms with van der Waals surface area (Å²) in [7, 11) is 1.65. The molecular weight excluding hydrogens is 240 g/mol. The molecule has 0 aromatic heterocycles. The van der Waals surface area contributed by atoms with E-state index in [0.29, 0.717) is 5.92 Å². The molecule has 19 heavy (non-hydrogen) atoms. The minimum Gasteiger partial charge on any atom is -0.497 e. The summed E-state index contributed by atoms with van der Waals surface area (Å²) in [4.78, 5) is 0. The summed E-state index contributed by atoms with van der Waals surface area (Å²) in [5, 5.41) is 10.3. The highest BCUT2D eigenvalue weighted by molar-refractivity contribution is 5.43. The van der Waals surface area contributed by atoms with Crippen molar-refractivity contribution in [3.05, 3.63) is 23.8 Å². The summed E-state index contributed by atoms with van der Waals surface area (Å²) >= 11 is 0. The maximum absolute atomic E-state index is 10.3. The van der Waals surface area contributed by atoms with Gasteiger partial charge in [0.1, 0.15) is 17.6 Å². The smallest absolute Gasteiger partial charge is 0.129 e. The van der Waals surface area contributed by atoms with Crippen LogP contribution in [0.2, 0.25) is 0 Å². The van der Waals surface area contributed by atoms with Crippen molar-refractivity contribution in [2.45, 2.75) is 50.7 Å². The molecular formula is C16H22O3. The zero-order valence-corrected chi connectivity index (χ0v) is 11.5. The first-order valence-corrected chi connectivity index (χ1v) is 7.30. The van der Waals surface area contributed by atoms with E-state index >= 15 is 0 Å². The fourth-order valence-electron chi connectivity index (χ4n) is 3.37. The standard InChI is InChI=1S/C16H22O3/c1-18-12-7-8-13-14(17)10-15(19-16(13)9-12)11-5-3-2-4-6-11/h7-9,11,14-15,17H,2-6,10H2,1H3/t14-,15?/m1/s1. The van der Waals surface area contributed by atoms with Crippen LogP contribution in [-0.4, -0.2) is 18.3 Å². The van der Waals surface area contributed by atoms with E-state index in [4.69, 9.17) is 9.47 Å². The molecule has 1 aliphatic heterocycles. The number of hydrogen-bond donors (Lipinski definition) is 1. The van der Waals surface area contributed by atoms with Crippen molar-refractivity contribution in [1.29, 1.82) is 0 Å². The predicted molar refractivity (Wildman–Crippen MR) is 73.6 cm³/mol. The normalized spacial score (nSPS) is 27.5. The van der Waals surface area contributed by atoms with Gasteiger partial charge in [-0.15, -0.1) is 0 Å². The van der Waals surface area contributed by atoms with Crippen molar-refractivity contribution in [3.63, 3.8) is 0 Å². The van der Waals surface area contributed by atoms with Crippen molar-refractivity contribution in [3.8, 4) is 11.5 Å². The molecule has 1 saturated carbocycles. The Bertz CT molecular complexity index is 438. The second kappa shape index (κ2) is 5.41. The minimum atomic E-state index is -0.401. The van der Waals surface area contributed by atoms with Crippen molar-refractivity contribution in [2.75, 3.05) is 7.11 Å². The molecule has 1 aromatic carbocycles. The molecule has 2 atom stereocenters. The van der Waals surface area contributed by atoms with Crippen molar-refractivity contribution < 1.29 is 14.6 Å². The number of aliphatic hydroxyl groups excluding tert-OH is 1. The summed E-state index contributed by atoms with van der Waals surface area (Å²) in [6.07, 6.45) is 6.89. The lowest BCUT2D eigenvalue weighted by Crippen LogP contribution is -2.34. The number of fused-ring (bicyclic) bond motifs is 1. The summed E-state index contributed by atoms with van der Waals surface area (Å²) < 4.78 is 11.4. The van der Waals surface area contributed by atoms with Gasteiger partial charge in [-0.3, -0.25) is 0 Å². The lowest BCUT2D eigenvalue weighted by Gasteiger charge is -2.36. The monoisotopic (exact) mass is 262 g/mol. The summed E-state index contributed by atoms with van der Waals surface area (Å²) in [6, 6.07) is 5.69. The Labute approximate surface area is 114 Å². The van der Waals surface area contributed by atoms with Gasteiger partial charge in [-0.25, -0.2) is 0 Å². The molecule has 1 N–H and O–H groups in total. The molecule has 3 heteroatoms. The molecule has 2 aliphatic rings. The Morgan fingerprint density at radius 2 is 2.00 bits per heavy atom. The van der Waals surface area contributed by atoms with E-state index < -0.39 is 6.10 Å². The quantitative estimate of drug-likeness (QED) is 0.887. The van der Waals surface area contributed by atoms with Crippen LogP contribution in [0.15, 0.2) is 18.2 Å². The average Bonchev–Trinajstić information content (AvgIpc) is 2.47. The third kappa shape index (κ3) is 2.57. The van der Waals surface area contributed by atoms with Gasteiger partial charge in [0.05, 0.1) is 13.2 Å². The molecule has 0 spiro atoms. The fourth-order valence-corrected chi connectivity index (χ4v) is 3.37. The zero-order valence-electron chi connectivity index (χ0n) is 11.5. The van der Waals surface area contributed by atoms with Crippen LogP contribution < -0.4 is 9.47 Å². The van der Waals surface area contributed by atoms with E-state index in [-0.39, 0.29) is 6.10 Å². The van der Waals surface area contributed by atoms with Gasteiger partial charge in [0.15, 0.2) is 0 Å². The fraction of sp³-hybridized carbons (Fsp3) is 0.625. The Morgan fingerprint density at radius 1 is 1.21 bits per heavy atom. The van der Waals surface area contributed by atoms with Crippen molar-refractivity contribution in [1.82, 2.24) is 0 Å². The highest BCUT2D eigenvalue weighted by atomic mass is 16.5. The molecule has 0 radical (unpaired) electrons. The van der Waals surface area contributed by atoms with Gasteiger partial charge in [-0.1, -0.05) is 19.3 Å². The van der Waals surface area contributed by atoms with Gasteiger partial charge in [0.2, 0.25) is 0 Å². The lowest BCUT2D eigenvalue weighted by molar-refractivity contribution is 0.0232. The van der Waals surface area contributed by atoms with Gasteiger partial charge in [0.25, 0.3) is 0 Å². The van der Waals surface area contributed by atoms with Crippen LogP contribution in [0.25, 0.3) is 0 Å². The van der Waals surface area contributed by atoms with Crippen LogP contribution in [0, 0.1) is 5.92 Å². The summed E-state index contributed by atoms with van der Waals surface area (Å²) in [5.41, 5.74) is 0.896. The van der Waals surface area contributed by atoms with Crippen LogP contribution in [-0.2, 0) is 0 Å². The van der Waals surface area contributed by atoms with Gasteiger partial charge in [-0.2, -0.15) is 0 Å². The van der Waals surface area contributed by atoms with Gasteiger partial charge < -0.3 is 14.6 Å². The van der Waals surface area contributed by atoms with Crippen LogP contribution in [0.1, 0.15) is 50.2 Å². The minimum absolute atomic E-state index is 0.162. The number of aliphatic hydroxyl groups is 1. The van der Waals surface area contributed by atoms with E-state index in [9.17, 15) is 5.11 Å². The number of benzene rings is 1. The van der Waals surface area contributed by atoms with E-state index in [0.717, 1.165) is 23.5 Å². The molecule has 3 rings (SSSR count). The first-order valence-electron chi connectivity index (χ1n) is 7.30. The summed E-state index contributed by atoms with van der Waals surface area (Å²) in [6.45, 7) is 0. The highest BCUT2D eigenvalue weighted by Crippen LogP contribution is 2.41. The molecule has 1 unspecified atom stereocenters. The molecule has 0 bridgehead atoms. The predicted octanol–water partition coefficient (Wildman–Crippen LogP) is 3.46. The molecule has 1 aromatic rings. The van der Waals surface area contributed by atoms with Crippen LogP contribution in [0.4, 0.5) is 0 Å². The molecule has 1 fully saturated rings. The highest BCUT2D eigenvalue weighted by Gasteiger charge is 2.33.